The number of imide groups is 1. The average Bonchev–Trinajstić information content (AvgIpc) is 3.69. The Morgan fingerprint density at radius 3 is 2.16 bits per heavy atom. The Bertz CT molecular complexity index is 1730. The number of hydrogen-bond acceptors (Lipinski definition) is 7. The van der Waals surface area contributed by atoms with Crippen molar-refractivity contribution < 1.29 is 14.4 Å². The van der Waals surface area contributed by atoms with Gasteiger partial charge in [0.25, 0.3) is 17.7 Å². The van der Waals surface area contributed by atoms with Gasteiger partial charge < -0.3 is 0 Å². The Hall–Kier alpha value is -4.92. The highest BCUT2D eigenvalue weighted by molar-refractivity contribution is 6.25. The number of hydrazone groups is 1. The molecule has 0 unspecified atom stereocenters. The van der Waals surface area contributed by atoms with Crippen LogP contribution >= 0.6 is 0 Å². The molecule has 3 aromatic rings. The molecule has 0 N–H and O–H groups in total. The summed E-state index contributed by atoms with van der Waals surface area (Å²) in [6, 6.07) is 21.7. The Morgan fingerprint density at radius 2 is 1.48 bits per heavy atom. The molecule has 0 bridgehead atoms. The van der Waals surface area contributed by atoms with E-state index in [1.807, 2.05) is 26.0 Å². The third kappa shape index (κ3) is 4.82. The van der Waals surface area contributed by atoms with Gasteiger partial charge in [0.05, 0.1) is 17.4 Å². The molecule has 0 spiro atoms. The highest BCUT2D eigenvalue weighted by atomic mass is 16.2. The van der Waals surface area contributed by atoms with E-state index in [2.05, 4.69) is 71.9 Å². The Morgan fingerprint density at radius 1 is 0.841 bits per heavy atom. The zero-order valence-corrected chi connectivity index (χ0v) is 25.1. The maximum absolute atomic E-state index is 14.1. The molecule has 1 aliphatic carbocycles. The summed E-state index contributed by atoms with van der Waals surface area (Å²) in [6.45, 7) is 5.84. The number of benzene rings is 3. The molecule has 3 heterocycles. The van der Waals surface area contributed by atoms with Crippen LogP contribution in [0.4, 0.5) is 5.69 Å². The Kier molecular flexibility index (Phi) is 6.95. The summed E-state index contributed by atoms with van der Waals surface area (Å²) < 4.78 is 0. The average molecular weight is 587 g/mol. The van der Waals surface area contributed by atoms with Gasteiger partial charge in [-0.3, -0.25) is 19.4 Å². The number of fused-ring (bicyclic) bond motifs is 2. The molecule has 9 heteroatoms. The summed E-state index contributed by atoms with van der Waals surface area (Å²) in [5.74, 6) is -1.10. The van der Waals surface area contributed by atoms with Crippen LogP contribution in [0.2, 0.25) is 0 Å². The molecule has 222 valence electrons. The fraction of sp³-hybridized carbons (Fsp3) is 0.314. The molecule has 2 fully saturated rings. The van der Waals surface area contributed by atoms with E-state index >= 15 is 0 Å². The van der Waals surface area contributed by atoms with Crippen LogP contribution in [0.3, 0.4) is 0 Å². The van der Waals surface area contributed by atoms with Gasteiger partial charge in [0, 0.05) is 5.92 Å². The van der Waals surface area contributed by atoms with Gasteiger partial charge in [-0.2, -0.15) is 10.2 Å². The lowest BCUT2D eigenvalue weighted by Crippen LogP contribution is -2.45. The maximum atomic E-state index is 14.1. The normalized spacial score (nSPS) is 25.1. The summed E-state index contributed by atoms with van der Waals surface area (Å²) >= 11 is 0. The van der Waals surface area contributed by atoms with Gasteiger partial charge in [0.15, 0.2) is 12.1 Å². The third-order valence-corrected chi connectivity index (χ3v) is 9.04. The molecule has 44 heavy (non-hydrogen) atoms. The number of carbonyl (C=O) groups is 3. The highest BCUT2D eigenvalue weighted by Gasteiger charge is 2.55. The second kappa shape index (κ2) is 11.0. The van der Waals surface area contributed by atoms with Crippen LogP contribution in [0.5, 0.6) is 0 Å². The van der Waals surface area contributed by atoms with Gasteiger partial charge >= 0.3 is 0 Å². The standard InChI is InChI=1S/C35H34N6O3/c1-21-7-13-24(14-8-21)19-26-5-4-6-28-30(26)37-41(32(28)25-15-9-22(2)10-16-25)29(42)20-39-33-31(36-38-39)34(43)40(35(33)44)27-17-11-23(3)12-18-27/h7-19,28,31-33H,4-6,20H2,1-3H3/b26-19-/t28-,31+,32+,33-/m1/s1. The van der Waals surface area contributed by atoms with Gasteiger partial charge in [-0.15, -0.1) is 0 Å². The van der Waals surface area contributed by atoms with Crippen molar-refractivity contribution in [1.29, 1.82) is 0 Å². The van der Waals surface area contributed by atoms with E-state index in [4.69, 9.17) is 5.10 Å². The minimum absolute atomic E-state index is 0.0479. The lowest BCUT2D eigenvalue weighted by Gasteiger charge is -2.30. The van der Waals surface area contributed by atoms with Crippen LogP contribution in [0, 0.1) is 26.7 Å². The van der Waals surface area contributed by atoms with Crippen LogP contribution in [-0.2, 0) is 14.4 Å². The van der Waals surface area contributed by atoms with Crippen LogP contribution < -0.4 is 4.90 Å². The first-order valence-electron chi connectivity index (χ1n) is 15.1. The van der Waals surface area contributed by atoms with Crippen LogP contribution in [0.15, 0.2) is 93.8 Å². The van der Waals surface area contributed by atoms with E-state index in [1.165, 1.54) is 10.6 Å². The summed E-state index contributed by atoms with van der Waals surface area (Å²) in [7, 11) is 0. The van der Waals surface area contributed by atoms with Crippen molar-refractivity contribution in [3.8, 4) is 0 Å². The van der Waals surface area contributed by atoms with Crippen molar-refractivity contribution in [2.24, 2.45) is 21.4 Å². The summed E-state index contributed by atoms with van der Waals surface area (Å²) in [4.78, 5) is 42.0. The highest BCUT2D eigenvalue weighted by Crippen LogP contribution is 2.45. The third-order valence-electron chi connectivity index (χ3n) is 9.04. The molecule has 4 atom stereocenters. The number of anilines is 1. The number of carbonyl (C=O) groups excluding carboxylic acids is 3. The zero-order chi connectivity index (χ0) is 30.5. The molecule has 3 amide bonds. The first kappa shape index (κ1) is 27.9. The van der Waals surface area contributed by atoms with Gasteiger partial charge in [-0.05, 0) is 74.9 Å². The van der Waals surface area contributed by atoms with E-state index in [9.17, 15) is 14.4 Å². The SMILES string of the molecule is Cc1ccc(/C=C2/CCC[C@@H]3C2=NN(C(=O)CN2N=N[C@@H]4C(=O)N(c5ccc(C)cc5)C(=O)[C@@H]42)[C@H]3c2ccc(C)cc2)cc1. The molecular weight excluding hydrogens is 552 g/mol. The second-order valence-corrected chi connectivity index (χ2v) is 12.2. The minimum Gasteiger partial charge on any atom is -0.271 e. The van der Waals surface area contributed by atoms with Crippen molar-refractivity contribution in [2.45, 2.75) is 58.2 Å². The van der Waals surface area contributed by atoms with Gasteiger partial charge in [0.2, 0.25) is 0 Å². The summed E-state index contributed by atoms with van der Waals surface area (Å²) in [6.07, 6.45) is 4.99. The molecule has 3 aliphatic heterocycles. The summed E-state index contributed by atoms with van der Waals surface area (Å²) in [5.41, 5.74) is 8.06. The zero-order valence-electron chi connectivity index (χ0n) is 25.1. The van der Waals surface area contributed by atoms with E-state index in [1.54, 1.807) is 17.1 Å². The number of amides is 3. The summed E-state index contributed by atoms with van der Waals surface area (Å²) in [5, 5.41) is 16.2. The van der Waals surface area contributed by atoms with E-state index in [0.29, 0.717) is 5.69 Å². The Balaban J connectivity index is 1.18. The predicted molar refractivity (Wildman–Crippen MR) is 168 cm³/mol. The van der Waals surface area contributed by atoms with Crippen molar-refractivity contribution in [3.05, 3.63) is 106 Å². The topological polar surface area (TPSA) is 98.0 Å². The molecule has 9 nitrogen and oxygen atoms in total. The molecular formula is C35H34N6O3. The molecule has 0 aromatic heterocycles. The fourth-order valence-corrected chi connectivity index (χ4v) is 6.68. The predicted octanol–water partition coefficient (Wildman–Crippen LogP) is 5.73. The number of allylic oxidation sites excluding steroid dienone is 1. The molecule has 4 aliphatic rings. The number of hydrogen-bond donors (Lipinski definition) is 0. The van der Waals surface area contributed by atoms with Crippen LogP contribution in [0.25, 0.3) is 6.08 Å². The second-order valence-electron chi connectivity index (χ2n) is 12.2. The fourth-order valence-electron chi connectivity index (χ4n) is 6.68. The Labute approximate surface area is 256 Å². The van der Waals surface area contributed by atoms with E-state index in [-0.39, 0.29) is 24.4 Å². The van der Waals surface area contributed by atoms with Crippen molar-refractivity contribution in [3.63, 3.8) is 0 Å². The molecule has 1 saturated heterocycles. The van der Waals surface area contributed by atoms with Crippen molar-refractivity contribution >= 4 is 35.2 Å². The molecule has 3 aromatic carbocycles. The van der Waals surface area contributed by atoms with E-state index in [0.717, 1.165) is 57.7 Å². The van der Waals surface area contributed by atoms with Crippen LogP contribution in [0.1, 0.15) is 53.1 Å². The first-order valence-corrected chi connectivity index (χ1v) is 15.1. The minimum atomic E-state index is -0.971. The maximum Gasteiger partial charge on any atom is 0.264 e. The largest absolute Gasteiger partial charge is 0.271 e. The molecule has 0 radical (unpaired) electrons. The number of nitrogens with zero attached hydrogens (tertiary/aromatic N) is 6. The van der Waals surface area contributed by atoms with Gasteiger partial charge in [0.1, 0.15) is 6.54 Å². The van der Waals surface area contributed by atoms with Crippen molar-refractivity contribution in [1.82, 2.24) is 10.0 Å². The van der Waals surface area contributed by atoms with Crippen molar-refractivity contribution in [2.75, 3.05) is 11.4 Å². The molecule has 7 rings (SSSR count). The lowest BCUT2D eigenvalue weighted by atomic mass is 9.77. The smallest absolute Gasteiger partial charge is 0.264 e. The van der Waals surface area contributed by atoms with Gasteiger partial charge in [-0.1, -0.05) is 82.6 Å². The van der Waals surface area contributed by atoms with Crippen LogP contribution in [-0.4, -0.2) is 52.1 Å². The quantitative estimate of drug-likeness (QED) is 0.357. The lowest BCUT2D eigenvalue weighted by molar-refractivity contribution is -0.136. The number of rotatable bonds is 5. The monoisotopic (exact) mass is 586 g/mol. The van der Waals surface area contributed by atoms with E-state index < -0.39 is 23.9 Å². The number of aryl methyl sites for hydroxylation is 3. The van der Waals surface area contributed by atoms with Gasteiger partial charge in [-0.25, -0.2) is 9.91 Å². The molecule has 1 saturated carbocycles. The first-order chi connectivity index (χ1) is 21.3.